The molecule has 1 saturated heterocycles. The Labute approximate surface area is 158 Å². The van der Waals surface area contributed by atoms with Crippen molar-refractivity contribution in [2.24, 2.45) is 34.2 Å². The zero-order valence-electron chi connectivity index (χ0n) is 14.6. The maximum Gasteiger partial charge on any atom is 0.282 e. The summed E-state index contributed by atoms with van der Waals surface area (Å²) in [7, 11) is 0. The van der Waals surface area contributed by atoms with Crippen LogP contribution in [-0.2, 0) is 9.59 Å². The number of rotatable bonds is 3. The van der Waals surface area contributed by atoms with E-state index in [1.54, 1.807) is 0 Å². The van der Waals surface area contributed by atoms with Gasteiger partial charge in [-0.05, 0) is 36.2 Å². The van der Waals surface area contributed by atoms with E-state index in [0.717, 1.165) is 17.9 Å². The lowest BCUT2D eigenvalue weighted by molar-refractivity contribution is -0.385. The Morgan fingerprint density at radius 2 is 1.71 bits per heavy atom. The van der Waals surface area contributed by atoms with Crippen molar-refractivity contribution in [1.29, 1.82) is 0 Å². The molecule has 3 fully saturated rings. The van der Waals surface area contributed by atoms with Crippen LogP contribution in [0.3, 0.4) is 0 Å². The van der Waals surface area contributed by atoms with Crippen LogP contribution in [0, 0.1) is 39.2 Å². The fraction of sp³-hybridized carbons (Fsp3) is 0.421. The van der Waals surface area contributed by atoms with Crippen molar-refractivity contribution in [3.05, 3.63) is 40.0 Å². The van der Waals surface area contributed by atoms with E-state index in [4.69, 9.17) is 9.47 Å². The van der Waals surface area contributed by atoms with Crippen LogP contribution in [0.15, 0.2) is 29.4 Å². The quantitative estimate of drug-likeness (QED) is 0.260. The summed E-state index contributed by atoms with van der Waals surface area (Å²) in [6.45, 7) is -0.0168. The van der Waals surface area contributed by atoms with E-state index in [1.165, 1.54) is 18.3 Å². The molecule has 6 rings (SSSR count). The third-order valence-corrected chi connectivity index (χ3v) is 6.86. The molecule has 2 aliphatic heterocycles. The summed E-state index contributed by atoms with van der Waals surface area (Å²) in [5.41, 5.74) is 0.0321. The molecule has 28 heavy (non-hydrogen) atoms. The highest BCUT2D eigenvalue weighted by Crippen LogP contribution is 2.73. The Morgan fingerprint density at radius 1 is 1.11 bits per heavy atom. The predicted molar refractivity (Wildman–Crippen MR) is 93.4 cm³/mol. The molecule has 5 aliphatic rings. The summed E-state index contributed by atoms with van der Waals surface area (Å²) < 4.78 is 10.4. The molecule has 2 bridgehead atoms. The number of nitrogens with zero attached hydrogens (tertiary/aromatic N) is 3. The van der Waals surface area contributed by atoms with Gasteiger partial charge in [-0.15, -0.1) is 0 Å². The van der Waals surface area contributed by atoms with Crippen molar-refractivity contribution in [2.45, 2.75) is 12.8 Å². The van der Waals surface area contributed by atoms with Crippen LogP contribution < -0.4 is 9.47 Å². The molecule has 0 N–H and O–H groups in total. The molecule has 142 valence electrons. The Balaban J connectivity index is 1.33. The summed E-state index contributed by atoms with van der Waals surface area (Å²) >= 11 is 0. The molecule has 0 aromatic heterocycles. The smallest absolute Gasteiger partial charge is 0.282 e. The first-order valence-corrected chi connectivity index (χ1v) is 9.19. The summed E-state index contributed by atoms with van der Waals surface area (Å²) in [6, 6.07) is 2.69. The fourth-order valence-corrected chi connectivity index (χ4v) is 5.50. The summed E-state index contributed by atoms with van der Waals surface area (Å²) in [4.78, 5) is 36.6. The van der Waals surface area contributed by atoms with Crippen LogP contribution in [0.5, 0.6) is 11.5 Å². The van der Waals surface area contributed by atoms with Gasteiger partial charge in [-0.25, -0.2) is 0 Å². The van der Waals surface area contributed by atoms with Gasteiger partial charge >= 0.3 is 0 Å². The number of benzene rings is 1. The molecule has 2 heterocycles. The van der Waals surface area contributed by atoms with Gasteiger partial charge in [0.2, 0.25) is 6.79 Å². The molecule has 9 heteroatoms. The van der Waals surface area contributed by atoms with Crippen LogP contribution in [0.2, 0.25) is 0 Å². The number of amides is 2. The fourth-order valence-electron chi connectivity index (χ4n) is 5.50. The van der Waals surface area contributed by atoms with Gasteiger partial charge in [0.1, 0.15) is 0 Å². The highest BCUT2D eigenvalue weighted by Gasteiger charge is 2.73. The van der Waals surface area contributed by atoms with Crippen LogP contribution in [-0.4, -0.2) is 34.8 Å². The number of carbonyl (C=O) groups is 2. The van der Waals surface area contributed by atoms with Gasteiger partial charge in [-0.1, -0.05) is 12.2 Å². The van der Waals surface area contributed by atoms with Crippen molar-refractivity contribution >= 4 is 23.7 Å². The maximum atomic E-state index is 12.9. The Kier molecular flexibility index (Phi) is 2.81. The Morgan fingerprint density at radius 3 is 2.29 bits per heavy atom. The topological polar surface area (TPSA) is 111 Å². The number of hydrogen-bond acceptors (Lipinski definition) is 7. The van der Waals surface area contributed by atoms with E-state index in [0.29, 0.717) is 5.75 Å². The summed E-state index contributed by atoms with van der Waals surface area (Å²) in [6.07, 6.45) is 7.48. The number of allylic oxidation sites excluding steroid dienone is 2. The van der Waals surface area contributed by atoms with E-state index in [-0.39, 0.29) is 64.7 Å². The van der Waals surface area contributed by atoms with Crippen molar-refractivity contribution < 1.29 is 24.0 Å². The predicted octanol–water partition coefficient (Wildman–Crippen LogP) is 1.85. The van der Waals surface area contributed by atoms with E-state index in [1.807, 2.05) is 0 Å². The van der Waals surface area contributed by atoms with E-state index < -0.39 is 4.92 Å². The Hall–Kier alpha value is -3.23. The second-order valence-electron chi connectivity index (χ2n) is 7.98. The number of imide groups is 1. The minimum atomic E-state index is -0.563. The molecule has 3 aliphatic carbocycles. The van der Waals surface area contributed by atoms with Gasteiger partial charge in [0.15, 0.2) is 11.5 Å². The number of hydrogen-bond donors (Lipinski definition) is 0. The second-order valence-corrected chi connectivity index (χ2v) is 7.98. The van der Waals surface area contributed by atoms with Crippen LogP contribution >= 0.6 is 0 Å². The summed E-state index contributed by atoms with van der Waals surface area (Å²) in [5, 5.41) is 16.3. The zero-order chi connectivity index (χ0) is 19.2. The van der Waals surface area contributed by atoms with Crippen molar-refractivity contribution in [3.8, 4) is 11.5 Å². The first-order chi connectivity index (χ1) is 13.5. The standard InChI is InChI=1S/C19H15N3O6/c23-17-15-10-1-2-11(19(10)3-4-19)16(15)18(24)21(17)20-7-9-5-13-14(28-8-27-13)6-12(9)22(25)26/h1-2,5-7,10-11,15-16H,3-4,8H2/b20-7-/t10-,11+,15-,16-/m0/s1. The number of hydrazone groups is 1. The third kappa shape index (κ3) is 1.78. The summed E-state index contributed by atoms with van der Waals surface area (Å²) in [5.74, 6) is -0.457. The average Bonchev–Trinajstić information content (AvgIpc) is 2.97. The lowest BCUT2D eigenvalue weighted by Gasteiger charge is -2.18. The van der Waals surface area contributed by atoms with Crippen molar-refractivity contribution in [1.82, 2.24) is 5.01 Å². The van der Waals surface area contributed by atoms with Gasteiger partial charge in [0, 0.05) is 0 Å². The highest BCUT2D eigenvalue weighted by molar-refractivity contribution is 6.07. The second kappa shape index (κ2) is 4.98. The maximum absolute atomic E-state index is 12.9. The zero-order valence-corrected chi connectivity index (χ0v) is 14.6. The van der Waals surface area contributed by atoms with Crippen molar-refractivity contribution in [3.63, 3.8) is 0 Å². The molecule has 1 spiro atoms. The van der Waals surface area contributed by atoms with E-state index in [2.05, 4.69) is 17.3 Å². The molecular formula is C19H15N3O6. The molecule has 0 radical (unpaired) electrons. The molecule has 2 amide bonds. The first-order valence-electron chi connectivity index (χ1n) is 9.19. The van der Waals surface area contributed by atoms with E-state index >= 15 is 0 Å². The monoisotopic (exact) mass is 381 g/mol. The molecule has 2 saturated carbocycles. The highest BCUT2D eigenvalue weighted by atomic mass is 16.7. The van der Waals surface area contributed by atoms with E-state index in [9.17, 15) is 19.7 Å². The van der Waals surface area contributed by atoms with Crippen molar-refractivity contribution in [2.75, 3.05) is 6.79 Å². The molecule has 0 unspecified atom stereocenters. The van der Waals surface area contributed by atoms with Gasteiger partial charge < -0.3 is 9.47 Å². The third-order valence-electron chi connectivity index (χ3n) is 6.86. The van der Waals surface area contributed by atoms with Gasteiger partial charge in [0.05, 0.1) is 34.6 Å². The van der Waals surface area contributed by atoms with Gasteiger partial charge in [0.25, 0.3) is 17.5 Å². The minimum absolute atomic E-state index is 0.0168. The van der Waals surface area contributed by atoms with Gasteiger partial charge in [-0.3, -0.25) is 19.7 Å². The first kappa shape index (κ1) is 15.8. The minimum Gasteiger partial charge on any atom is -0.454 e. The van der Waals surface area contributed by atoms with Crippen LogP contribution in [0.25, 0.3) is 0 Å². The molecule has 1 aromatic rings. The number of nitro benzene ring substituents is 1. The Bertz CT molecular complexity index is 993. The number of fused-ring (bicyclic) bond motifs is 4. The number of nitro groups is 1. The normalized spacial score (nSPS) is 32.8. The largest absolute Gasteiger partial charge is 0.454 e. The molecule has 4 atom stereocenters. The number of carbonyl (C=O) groups excluding carboxylic acids is 2. The lowest BCUT2D eigenvalue weighted by Crippen LogP contribution is -2.30. The SMILES string of the molecule is O=C1[C@@H]2[C@@H](C(=O)N1/N=C\c1cc3c(cc1[N+](=O)[O-])OCO3)[C@@H]1C=C[C@H]2C12CC2. The average molecular weight is 381 g/mol. The number of ether oxygens (including phenoxy) is 2. The van der Waals surface area contributed by atoms with Crippen LogP contribution in [0.1, 0.15) is 18.4 Å². The van der Waals surface area contributed by atoms with Crippen LogP contribution in [0.4, 0.5) is 5.69 Å². The molecule has 9 nitrogen and oxygen atoms in total. The molecule has 1 aromatic carbocycles. The lowest BCUT2D eigenvalue weighted by atomic mass is 9.85. The molecular weight excluding hydrogens is 366 g/mol. The van der Waals surface area contributed by atoms with Gasteiger partial charge in [-0.2, -0.15) is 10.1 Å².